The van der Waals surface area contributed by atoms with Gasteiger partial charge in [-0.05, 0) is 54.5 Å². The molecule has 3 nitrogen and oxygen atoms in total. The smallest absolute Gasteiger partial charge is 0.137 e. The summed E-state index contributed by atoms with van der Waals surface area (Å²) in [7, 11) is 1.92. The average molecular weight is 326 g/mol. The Balaban J connectivity index is 2.28. The van der Waals surface area contributed by atoms with Crippen LogP contribution in [0, 0.1) is 19.7 Å². The third-order valence-electron chi connectivity index (χ3n) is 3.20. The number of benzene rings is 1. The van der Waals surface area contributed by atoms with Crippen LogP contribution in [0.5, 0.6) is 0 Å². The summed E-state index contributed by atoms with van der Waals surface area (Å²) in [6.07, 6.45) is 0. The molecule has 0 radical (unpaired) electrons. The van der Waals surface area contributed by atoms with Gasteiger partial charge in [-0.25, -0.2) is 4.39 Å². The van der Waals surface area contributed by atoms with E-state index in [2.05, 4.69) is 33.3 Å². The first kappa shape index (κ1) is 14.2. The van der Waals surface area contributed by atoms with Gasteiger partial charge in [0.15, 0.2) is 0 Å². The summed E-state index contributed by atoms with van der Waals surface area (Å²) in [5.74, 6) is -0.243. The van der Waals surface area contributed by atoms with E-state index in [-0.39, 0.29) is 5.82 Å². The minimum absolute atomic E-state index is 0.243. The first-order chi connectivity index (χ1) is 9.02. The second kappa shape index (κ2) is 5.84. The molecule has 1 heterocycles. The van der Waals surface area contributed by atoms with E-state index in [4.69, 9.17) is 0 Å². The number of aryl methyl sites for hydroxylation is 1. The van der Waals surface area contributed by atoms with Crippen molar-refractivity contribution in [1.29, 1.82) is 0 Å². The largest absolute Gasteiger partial charge is 0.316 e. The number of hydrogen-bond donors (Lipinski definition) is 1. The lowest BCUT2D eigenvalue weighted by molar-refractivity contribution is 0.616. The SMILES string of the molecule is CNCc1c(C)nn(Cc2ccc(F)c(Br)c2)c1C. The van der Waals surface area contributed by atoms with Crippen LogP contribution in [0.3, 0.4) is 0 Å². The molecule has 0 aliphatic carbocycles. The quantitative estimate of drug-likeness (QED) is 0.935. The Morgan fingerprint density at radius 3 is 2.74 bits per heavy atom. The molecule has 0 aliphatic rings. The van der Waals surface area contributed by atoms with Crippen molar-refractivity contribution in [3.8, 4) is 0 Å². The lowest BCUT2D eigenvalue weighted by Crippen LogP contribution is -2.08. The number of aromatic nitrogens is 2. The van der Waals surface area contributed by atoms with Gasteiger partial charge in [0.2, 0.25) is 0 Å². The molecule has 102 valence electrons. The van der Waals surface area contributed by atoms with Crippen LogP contribution in [0.2, 0.25) is 0 Å². The van der Waals surface area contributed by atoms with E-state index in [1.807, 2.05) is 18.7 Å². The minimum atomic E-state index is -0.243. The molecule has 19 heavy (non-hydrogen) atoms. The van der Waals surface area contributed by atoms with E-state index in [9.17, 15) is 4.39 Å². The Hall–Kier alpha value is -1.20. The second-order valence-corrected chi connectivity index (χ2v) is 5.44. The fourth-order valence-electron chi connectivity index (χ4n) is 2.13. The maximum Gasteiger partial charge on any atom is 0.137 e. The monoisotopic (exact) mass is 325 g/mol. The molecule has 1 aromatic carbocycles. The van der Waals surface area contributed by atoms with Gasteiger partial charge in [-0.1, -0.05) is 6.07 Å². The molecule has 0 unspecified atom stereocenters. The molecule has 1 aromatic heterocycles. The molecular formula is C14H17BrFN3. The summed E-state index contributed by atoms with van der Waals surface area (Å²) in [5.41, 5.74) is 4.43. The molecule has 2 aromatic rings. The summed E-state index contributed by atoms with van der Waals surface area (Å²) >= 11 is 3.21. The fourth-order valence-corrected chi connectivity index (χ4v) is 2.56. The van der Waals surface area contributed by atoms with Crippen molar-refractivity contribution in [3.05, 3.63) is 51.0 Å². The van der Waals surface area contributed by atoms with Crippen LogP contribution in [0.25, 0.3) is 0 Å². The number of hydrogen-bond acceptors (Lipinski definition) is 2. The maximum atomic E-state index is 13.2. The molecule has 0 saturated heterocycles. The summed E-state index contributed by atoms with van der Waals surface area (Å²) in [6, 6.07) is 5.05. The Kier molecular flexibility index (Phi) is 4.37. The van der Waals surface area contributed by atoms with Crippen molar-refractivity contribution in [2.24, 2.45) is 0 Å². The van der Waals surface area contributed by atoms with E-state index in [1.54, 1.807) is 12.1 Å². The maximum absolute atomic E-state index is 13.2. The van der Waals surface area contributed by atoms with Gasteiger partial charge >= 0.3 is 0 Å². The molecule has 0 atom stereocenters. The van der Waals surface area contributed by atoms with Crippen LogP contribution in [0.4, 0.5) is 4.39 Å². The average Bonchev–Trinajstić information content (AvgIpc) is 2.62. The predicted octanol–water partition coefficient (Wildman–Crippen LogP) is 3.17. The third kappa shape index (κ3) is 3.04. The van der Waals surface area contributed by atoms with Crippen molar-refractivity contribution in [1.82, 2.24) is 15.1 Å². The standard InChI is InChI=1S/C14H17BrFN3/c1-9-12(7-17-3)10(2)19(18-9)8-11-4-5-14(16)13(15)6-11/h4-6,17H,7-8H2,1-3H3. The highest BCUT2D eigenvalue weighted by molar-refractivity contribution is 9.10. The zero-order chi connectivity index (χ0) is 14.0. The Morgan fingerprint density at radius 1 is 1.37 bits per heavy atom. The van der Waals surface area contributed by atoms with Crippen LogP contribution >= 0.6 is 15.9 Å². The van der Waals surface area contributed by atoms with Crippen LogP contribution in [0.15, 0.2) is 22.7 Å². The van der Waals surface area contributed by atoms with Gasteiger partial charge in [0.05, 0.1) is 16.7 Å². The predicted molar refractivity (Wildman–Crippen MR) is 77.7 cm³/mol. The number of halogens is 2. The summed E-state index contributed by atoms with van der Waals surface area (Å²) in [4.78, 5) is 0. The van der Waals surface area contributed by atoms with Crippen molar-refractivity contribution in [2.45, 2.75) is 26.9 Å². The number of nitrogens with one attached hydrogen (secondary N) is 1. The zero-order valence-electron chi connectivity index (χ0n) is 11.3. The highest BCUT2D eigenvalue weighted by atomic mass is 79.9. The molecule has 0 spiro atoms. The van der Waals surface area contributed by atoms with Crippen molar-refractivity contribution in [3.63, 3.8) is 0 Å². The summed E-state index contributed by atoms with van der Waals surface area (Å²) in [6.45, 7) is 5.53. The van der Waals surface area contributed by atoms with Crippen LogP contribution in [0.1, 0.15) is 22.5 Å². The Labute approximate surface area is 121 Å². The van der Waals surface area contributed by atoms with Crippen molar-refractivity contribution in [2.75, 3.05) is 7.05 Å². The minimum Gasteiger partial charge on any atom is -0.316 e. The number of nitrogens with zero attached hydrogens (tertiary/aromatic N) is 2. The van der Waals surface area contributed by atoms with E-state index >= 15 is 0 Å². The van der Waals surface area contributed by atoms with E-state index in [1.165, 1.54) is 11.6 Å². The summed E-state index contributed by atoms with van der Waals surface area (Å²) in [5, 5.41) is 7.69. The highest BCUT2D eigenvalue weighted by Crippen LogP contribution is 2.19. The van der Waals surface area contributed by atoms with Crippen LogP contribution in [-0.2, 0) is 13.1 Å². The molecule has 5 heteroatoms. The molecule has 0 aliphatic heterocycles. The summed E-state index contributed by atoms with van der Waals surface area (Å²) < 4.78 is 15.7. The highest BCUT2D eigenvalue weighted by Gasteiger charge is 2.11. The first-order valence-corrected chi connectivity index (χ1v) is 6.93. The van der Waals surface area contributed by atoms with Crippen molar-refractivity contribution < 1.29 is 4.39 Å². The Bertz CT molecular complexity index is 593. The van der Waals surface area contributed by atoms with Crippen LogP contribution in [-0.4, -0.2) is 16.8 Å². The Morgan fingerprint density at radius 2 is 2.11 bits per heavy atom. The topological polar surface area (TPSA) is 29.9 Å². The van der Waals surface area contributed by atoms with Gasteiger partial charge in [0.1, 0.15) is 5.82 Å². The molecule has 0 bridgehead atoms. The normalized spacial score (nSPS) is 11.0. The molecule has 0 saturated carbocycles. The fraction of sp³-hybridized carbons (Fsp3) is 0.357. The molecule has 2 rings (SSSR count). The third-order valence-corrected chi connectivity index (χ3v) is 3.81. The molecule has 1 N–H and O–H groups in total. The van der Waals surface area contributed by atoms with Gasteiger partial charge in [-0.2, -0.15) is 5.10 Å². The first-order valence-electron chi connectivity index (χ1n) is 6.14. The van der Waals surface area contributed by atoms with E-state index in [0.717, 1.165) is 23.5 Å². The lowest BCUT2D eigenvalue weighted by Gasteiger charge is -2.06. The van der Waals surface area contributed by atoms with E-state index < -0.39 is 0 Å². The van der Waals surface area contributed by atoms with Gasteiger partial charge in [-0.3, -0.25) is 4.68 Å². The van der Waals surface area contributed by atoms with Gasteiger partial charge in [0.25, 0.3) is 0 Å². The van der Waals surface area contributed by atoms with Gasteiger partial charge in [0, 0.05) is 17.8 Å². The second-order valence-electron chi connectivity index (χ2n) is 4.59. The molecule has 0 fully saturated rings. The lowest BCUT2D eigenvalue weighted by atomic mass is 10.2. The van der Waals surface area contributed by atoms with Gasteiger partial charge in [-0.15, -0.1) is 0 Å². The van der Waals surface area contributed by atoms with Crippen molar-refractivity contribution >= 4 is 15.9 Å². The van der Waals surface area contributed by atoms with Gasteiger partial charge < -0.3 is 5.32 Å². The molecule has 0 amide bonds. The number of rotatable bonds is 4. The van der Waals surface area contributed by atoms with E-state index in [0.29, 0.717) is 11.0 Å². The molecular weight excluding hydrogens is 309 g/mol. The zero-order valence-corrected chi connectivity index (χ0v) is 12.9. The van der Waals surface area contributed by atoms with Crippen LogP contribution < -0.4 is 5.32 Å².